The first kappa shape index (κ1) is 18.5. The average Bonchev–Trinajstić information content (AvgIpc) is 2.73. The van der Waals surface area contributed by atoms with E-state index in [1.807, 2.05) is 48.7 Å². The third kappa shape index (κ3) is 4.32. The summed E-state index contributed by atoms with van der Waals surface area (Å²) in [5.74, 6) is 0.613. The molecule has 0 radical (unpaired) electrons. The zero-order valence-corrected chi connectivity index (χ0v) is 16.4. The fourth-order valence-electron chi connectivity index (χ4n) is 2.81. The van der Waals surface area contributed by atoms with Gasteiger partial charge in [-0.25, -0.2) is 0 Å². The lowest BCUT2D eigenvalue weighted by molar-refractivity contribution is 0.102. The van der Waals surface area contributed by atoms with E-state index < -0.39 is 0 Å². The van der Waals surface area contributed by atoms with Crippen LogP contribution in [0.3, 0.4) is 0 Å². The van der Waals surface area contributed by atoms with Gasteiger partial charge in [-0.3, -0.25) is 14.8 Å². The Morgan fingerprint density at radius 3 is 2.64 bits per heavy atom. The Morgan fingerprint density at radius 2 is 1.86 bits per heavy atom. The van der Waals surface area contributed by atoms with E-state index in [1.54, 1.807) is 36.3 Å². The van der Waals surface area contributed by atoms with Gasteiger partial charge in [0, 0.05) is 45.3 Å². The molecule has 0 spiro atoms. The van der Waals surface area contributed by atoms with E-state index in [0.717, 1.165) is 21.7 Å². The van der Waals surface area contributed by atoms with Crippen molar-refractivity contribution in [3.05, 3.63) is 95.4 Å². The number of rotatable bonds is 5. The third-order valence-corrected chi connectivity index (χ3v) is 5.46. The van der Waals surface area contributed by atoms with Crippen molar-refractivity contribution in [1.29, 1.82) is 0 Å². The second-order valence-corrected chi connectivity index (χ2v) is 7.64. The largest absolute Gasteiger partial charge is 0.322 e. The van der Waals surface area contributed by atoms with Crippen molar-refractivity contribution in [3.63, 3.8) is 0 Å². The maximum Gasteiger partial charge on any atom is 0.257 e. The Kier molecular flexibility index (Phi) is 5.55. The van der Waals surface area contributed by atoms with Crippen LogP contribution < -0.4 is 5.32 Å². The number of nitrogens with zero attached hydrogens (tertiary/aromatic N) is 2. The third-order valence-electron chi connectivity index (χ3n) is 4.15. The number of halogens is 1. The molecular formula is C22H16ClN3OS. The van der Waals surface area contributed by atoms with Gasteiger partial charge in [-0.2, -0.15) is 0 Å². The molecule has 6 heteroatoms. The minimum Gasteiger partial charge on any atom is -0.322 e. The van der Waals surface area contributed by atoms with Gasteiger partial charge in [-0.05, 0) is 54.1 Å². The van der Waals surface area contributed by atoms with Crippen LogP contribution in [0.15, 0.2) is 84.1 Å². The summed E-state index contributed by atoms with van der Waals surface area (Å²) < 4.78 is 0. The Labute approximate surface area is 172 Å². The minimum absolute atomic E-state index is 0.234. The summed E-state index contributed by atoms with van der Waals surface area (Å²) in [5, 5.41) is 4.26. The molecule has 2 aromatic carbocycles. The number of pyridine rings is 2. The second-order valence-electron chi connectivity index (χ2n) is 6.16. The molecule has 0 bridgehead atoms. The topological polar surface area (TPSA) is 54.9 Å². The van der Waals surface area contributed by atoms with Crippen LogP contribution >= 0.6 is 23.4 Å². The summed E-state index contributed by atoms with van der Waals surface area (Å²) in [6.07, 6.45) is 5.30. The Balaban J connectivity index is 1.47. The van der Waals surface area contributed by atoms with Crippen LogP contribution in [0.4, 0.5) is 5.69 Å². The van der Waals surface area contributed by atoms with Crippen molar-refractivity contribution in [2.24, 2.45) is 0 Å². The minimum atomic E-state index is -0.234. The number of aromatic nitrogens is 2. The molecule has 4 aromatic rings. The maximum atomic E-state index is 12.8. The van der Waals surface area contributed by atoms with Crippen molar-refractivity contribution in [3.8, 4) is 0 Å². The predicted molar refractivity (Wildman–Crippen MR) is 115 cm³/mol. The molecule has 28 heavy (non-hydrogen) atoms. The van der Waals surface area contributed by atoms with Gasteiger partial charge in [-0.15, -0.1) is 11.8 Å². The SMILES string of the molecule is O=C(Nc1ccc(SCc2cccnc2)cc1)c1cc(Cl)cc2cccnc12. The summed E-state index contributed by atoms with van der Waals surface area (Å²) in [6, 6.07) is 18.9. The van der Waals surface area contributed by atoms with Crippen molar-refractivity contribution >= 4 is 45.9 Å². The first-order valence-corrected chi connectivity index (χ1v) is 10.0. The first-order chi connectivity index (χ1) is 13.7. The van der Waals surface area contributed by atoms with E-state index in [1.165, 1.54) is 5.56 Å². The molecule has 2 heterocycles. The molecule has 4 nitrogen and oxygen atoms in total. The van der Waals surface area contributed by atoms with Gasteiger partial charge in [-0.1, -0.05) is 23.7 Å². The Hall–Kier alpha value is -2.89. The predicted octanol–water partition coefficient (Wildman–Crippen LogP) is 5.83. The van der Waals surface area contributed by atoms with Crippen LogP contribution in [-0.4, -0.2) is 15.9 Å². The number of carbonyl (C=O) groups is 1. The summed E-state index contributed by atoms with van der Waals surface area (Å²) in [5.41, 5.74) is 2.98. The fraction of sp³-hybridized carbons (Fsp3) is 0.0455. The van der Waals surface area contributed by atoms with Gasteiger partial charge in [0.15, 0.2) is 0 Å². The fourth-order valence-corrected chi connectivity index (χ4v) is 3.87. The molecule has 0 aliphatic carbocycles. The quantitative estimate of drug-likeness (QED) is 0.424. The highest BCUT2D eigenvalue weighted by Crippen LogP contribution is 2.26. The first-order valence-electron chi connectivity index (χ1n) is 8.66. The number of thioether (sulfide) groups is 1. The van der Waals surface area contributed by atoms with Crippen molar-refractivity contribution in [2.75, 3.05) is 5.32 Å². The highest BCUT2D eigenvalue weighted by Gasteiger charge is 2.13. The second kappa shape index (κ2) is 8.42. The number of carbonyl (C=O) groups excluding carboxylic acids is 1. The lowest BCUT2D eigenvalue weighted by atomic mass is 10.1. The van der Waals surface area contributed by atoms with E-state index in [2.05, 4.69) is 21.4 Å². The average molecular weight is 406 g/mol. The molecule has 1 amide bonds. The van der Waals surface area contributed by atoms with Crippen molar-refractivity contribution < 1.29 is 4.79 Å². The van der Waals surface area contributed by atoms with Gasteiger partial charge in [0.1, 0.15) is 0 Å². The number of nitrogens with one attached hydrogen (secondary N) is 1. The van der Waals surface area contributed by atoms with Crippen molar-refractivity contribution in [1.82, 2.24) is 9.97 Å². The van der Waals surface area contributed by atoms with Crippen LogP contribution in [0.25, 0.3) is 10.9 Å². The monoisotopic (exact) mass is 405 g/mol. The maximum absolute atomic E-state index is 12.8. The van der Waals surface area contributed by atoms with Gasteiger partial charge in [0.05, 0.1) is 11.1 Å². The van der Waals surface area contributed by atoms with E-state index >= 15 is 0 Å². The molecule has 4 rings (SSSR count). The van der Waals surface area contributed by atoms with Crippen LogP contribution in [-0.2, 0) is 5.75 Å². The van der Waals surface area contributed by atoms with Gasteiger partial charge in [0.25, 0.3) is 5.91 Å². The van der Waals surface area contributed by atoms with Gasteiger partial charge >= 0.3 is 0 Å². The molecule has 0 saturated heterocycles. The number of amides is 1. The molecule has 2 aromatic heterocycles. The van der Waals surface area contributed by atoms with Crippen LogP contribution in [0, 0.1) is 0 Å². The summed E-state index contributed by atoms with van der Waals surface area (Å²) in [6.45, 7) is 0. The number of fused-ring (bicyclic) bond motifs is 1. The standard InChI is InChI=1S/C22H16ClN3OS/c23-17-11-16-4-2-10-25-21(16)20(12-17)22(27)26-18-5-7-19(8-6-18)28-14-15-3-1-9-24-13-15/h1-13H,14H2,(H,26,27). The molecule has 1 N–H and O–H groups in total. The van der Waals surface area contributed by atoms with Crippen LogP contribution in [0.1, 0.15) is 15.9 Å². The highest BCUT2D eigenvalue weighted by atomic mass is 35.5. The molecule has 0 unspecified atom stereocenters. The zero-order valence-electron chi connectivity index (χ0n) is 14.8. The molecule has 138 valence electrons. The summed E-state index contributed by atoms with van der Waals surface area (Å²) >= 11 is 7.88. The Bertz CT molecular complexity index is 1120. The number of hydrogen-bond donors (Lipinski definition) is 1. The molecule has 0 saturated carbocycles. The normalized spacial score (nSPS) is 10.8. The Morgan fingerprint density at radius 1 is 1.04 bits per heavy atom. The zero-order chi connectivity index (χ0) is 19.3. The van der Waals surface area contributed by atoms with E-state index in [-0.39, 0.29) is 5.91 Å². The number of anilines is 1. The highest BCUT2D eigenvalue weighted by molar-refractivity contribution is 7.98. The summed E-state index contributed by atoms with van der Waals surface area (Å²) in [4.78, 5) is 22.3. The van der Waals surface area contributed by atoms with Gasteiger partial charge < -0.3 is 5.32 Å². The molecule has 0 atom stereocenters. The van der Waals surface area contributed by atoms with E-state index in [9.17, 15) is 4.79 Å². The number of hydrogen-bond acceptors (Lipinski definition) is 4. The van der Waals surface area contributed by atoms with Gasteiger partial charge in [0.2, 0.25) is 0 Å². The lowest BCUT2D eigenvalue weighted by Gasteiger charge is -2.09. The molecule has 0 aliphatic rings. The van der Waals surface area contributed by atoms with Crippen LogP contribution in [0.2, 0.25) is 5.02 Å². The smallest absolute Gasteiger partial charge is 0.257 e. The molecular weight excluding hydrogens is 390 g/mol. The van der Waals surface area contributed by atoms with Crippen molar-refractivity contribution in [2.45, 2.75) is 10.6 Å². The van der Waals surface area contributed by atoms with Crippen LogP contribution in [0.5, 0.6) is 0 Å². The molecule has 0 aliphatic heterocycles. The summed E-state index contributed by atoms with van der Waals surface area (Å²) in [7, 11) is 0. The number of benzene rings is 2. The molecule has 0 fully saturated rings. The lowest BCUT2D eigenvalue weighted by Crippen LogP contribution is -2.12. The van der Waals surface area contributed by atoms with E-state index in [0.29, 0.717) is 16.1 Å². The van der Waals surface area contributed by atoms with E-state index in [4.69, 9.17) is 11.6 Å².